The SMILES string of the molecule is CN1/C(=C/C2=[N+](C)c3ccc(I)cc3C2(C)C)C(C)(C)c2cc(I)ccc21. The predicted octanol–water partition coefficient (Wildman–Crippen LogP) is 6.21. The first kappa shape index (κ1) is 19.4. The minimum atomic E-state index is -0.0155. The maximum absolute atomic E-state index is 2.43. The van der Waals surface area contributed by atoms with Crippen molar-refractivity contribution in [2.45, 2.75) is 38.5 Å². The van der Waals surface area contributed by atoms with Crippen molar-refractivity contribution >= 4 is 62.3 Å². The quantitative estimate of drug-likeness (QED) is 0.286. The highest BCUT2D eigenvalue weighted by Crippen LogP contribution is 2.48. The molecule has 0 amide bonds. The second-order valence-electron chi connectivity index (χ2n) is 8.61. The lowest BCUT2D eigenvalue weighted by atomic mass is 9.78. The Morgan fingerprint density at radius 1 is 0.889 bits per heavy atom. The molecule has 2 heterocycles. The van der Waals surface area contributed by atoms with Gasteiger partial charge in [-0.15, -0.1) is 0 Å². The van der Waals surface area contributed by atoms with E-state index >= 15 is 0 Å². The van der Waals surface area contributed by atoms with Gasteiger partial charge < -0.3 is 4.90 Å². The van der Waals surface area contributed by atoms with Crippen LogP contribution in [0.25, 0.3) is 0 Å². The van der Waals surface area contributed by atoms with Crippen LogP contribution in [0.4, 0.5) is 11.4 Å². The highest BCUT2D eigenvalue weighted by atomic mass is 127. The molecule has 27 heavy (non-hydrogen) atoms. The fourth-order valence-corrected chi connectivity index (χ4v) is 5.64. The zero-order valence-electron chi connectivity index (χ0n) is 16.7. The number of rotatable bonds is 1. The van der Waals surface area contributed by atoms with Gasteiger partial charge in [0.05, 0.1) is 5.41 Å². The monoisotopic (exact) mass is 583 g/mol. The van der Waals surface area contributed by atoms with E-state index in [4.69, 9.17) is 0 Å². The van der Waals surface area contributed by atoms with Gasteiger partial charge in [0.1, 0.15) is 7.05 Å². The van der Waals surface area contributed by atoms with Gasteiger partial charge in [-0.3, -0.25) is 0 Å². The Morgan fingerprint density at radius 2 is 1.48 bits per heavy atom. The zero-order valence-corrected chi connectivity index (χ0v) is 21.0. The number of benzene rings is 2. The predicted molar refractivity (Wildman–Crippen MR) is 132 cm³/mol. The summed E-state index contributed by atoms with van der Waals surface area (Å²) in [5.74, 6) is 0. The number of nitrogens with zero attached hydrogens (tertiary/aromatic N) is 2. The zero-order chi connectivity index (χ0) is 19.7. The Balaban J connectivity index is 1.89. The first-order valence-electron chi connectivity index (χ1n) is 9.22. The Kier molecular flexibility index (Phi) is 4.54. The van der Waals surface area contributed by atoms with Crippen LogP contribution in [-0.2, 0) is 10.8 Å². The molecule has 0 fully saturated rings. The molecule has 0 atom stereocenters. The fraction of sp³-hybridized carbons (Fsp3) is 0.348. The van der Waals surface area contributed by atoms with Crippen molar-refractivity contribution in [3.63, 3.8) is 0 Å². The first-order valence-corrected chi connectivity index (χ1v) is 11.4. The number of fused-ring (bicyclic) bond motifs is 2. The van der Waals surface area contributed by atoms with Crippen molar-refractivity contribution in [3.05, 3.63) is 66.4 Å². The Bertz CT molecular complexity index is 1030. The second kappa shape index (κ2) is 6.31. The summed E-state index contributed by atoms with van der Waals surface area (Å²) in [6, 6.07) is 13.6. The lowest BCUT2D eigenvalue weighted by Gasteiger charge is -2.25. The number of likely N-dealkylation sites (N-methyl/N-ethyl adjacent to an activating group) is 1. The van der Waals surface area contributed by atoms with Crippen LogP contribution in [0.5, 0.6) is 0 Å². The minimum Gasteiger partial charge on any atom is -0.347 e. The summed E-state index contributed by atoms with van der Waals surface area (Å²) >= 11 is 4.83. The number of allylic oxidation sites excluding steroid dienone is 2. The molecular formula is C23H25I2N2+. The topological polar surface area (TPSA) is 6.25 Å². The summed E-state index contributed by atoms with van der Waals surface area (Å²) in [6.45, 7) is 9.37. The molecule has 0 saturated heterocycles. The summed E-state index contributed by atoms with van der Waals surface area (Å²) in [7, 11) is 4.40. The van der Waals surface area contributed by atoms with Crippen LogP contribution in [0, 0.1) is 7.14 Å². The maximum Gasteiger partial charge on any atom is 0.209 e. The van der Waals surface area contributed by atoms with E-state index in [2.05, 4.69) is 139 Å². The van der Waals surface area contributed by atoms with Crippen LogP contribution >= 0.6 is 45.2 Å². The molecule has 2 aliphatic heterocycles. The molecule has 4 heteroatoms. The minimum absolute atomic E-state index is 0.0155. The van der Waals surface area contributed by atoms with E-state index in [0.29, 0.717) is 0 Å². The highest BCUT2D eigenvalue weighted by Gasteiger charge is 2.46. The fourth-order valence-electron chi connectivity index (χ4n) is 4.66. The van der Waals surface area contributed by atoms with Crippen LogP contribution in [0.1, 0.15) is 38.8 Å². The largest absolute Gasteiger partial charge is 0.347 e. The smallest absolute Gasteiger partial charge is 0.209 e. The lowest BCUT2D eigenvalue weighted by Crippen LogP contribution is -2.31. The van der Waals surface area contributed by atoms with E-state index in [0.717, 1.165) is 0 Å². The molecule has 0 unspecified atom stereocenters. The molecule has 0 aliphatic carbocycles. The van der Waals surface area contributed by atoms with Gasteiger partial charge in [0.2, 0.25) is 5.69 Å². The van der Waals surface area contributed by atoms with E-state index in [1.807, 2.05) is 0 Å². The molecule has 2 nitrogen and oxygen atoms in total. The summed E-state index contributed by atoms with van der Waals surface area (Å²) in [6.07, 6.45) is 2.43. The van der Waals surface area contributed by atoms with Crippen LogP contribution < -0.4 is 4.90 Å². The molecule has 2 aromatic rings. The Labute approximate surface area is 189 Å². The summed E-state index contributed by atoms with van der Waals surface area (Å²) in [4.78, 5) is 2.37. The summed E-state index contributed by atoms with van der Waals surface area (Å²) < 4.78 is 4.96. The molecule has 0 bridgehead atoms. The van der Waals surface area contributed by atoms with Crippen LogP contribution in [-0.4, -0.2) is 24.4 Å². The molecule has 2 aliphatic rings. The van der Waals surface area contributed by atoms with Crippen molar-refractivity contribution in [2.75, 3.05) is 19.0 Å². The molecular weight excluding hydrogens is 558 g/mol. The van der Waals surface area contributed by atoms with Gasteiger partial charge >= 0.3 is 0 Å². The van der Waals surface area contributed by atoms with Crippen LogP contribution in [0.2, 0.25) is 0 Å². The molecule has 4 rings (SSSR count). The molecule has 0 spiro atoms. The normalized spacial score (nSPS) is 21.0. The van der Waals surface area contributed by atoms with E-state index in [9.17, 15) is 0 Å². The number of anilines is 1. The van der Waals surface area contributed by atoms with Crippen molar-refractivity contribution in [2.24, 2.45) is 0 Å². The van der Waals surface area contributed by atoms with Gasteiger partial charge in [-0.05, 0) is 94.9 Å². The highest BCUT2D eigenvalue weighted by molar-refractivity contribution is 14.1. The third-order valence-corrected chi connectivity index (χ3v) is 7.61. The number of hydrogen-bond acceptors (Lipinski definition) is 1. The van der Waals surface area contributed by atoms with Gasteiger partial charge in [0.25, 0.3) is 0 Å². The van der Waals surface area contributed by atoms with Crippen molar-refractivity contribution in [1.29, 1.82) is 0 Å². The summed E-state index contributed by atoms with van der Waals surface area (Å²) in [5.41, 5.74) is 8.14. The molecule has 0 aromatic heterocycles. The van der Waals surface area contributed by atoms with Crippen molar-refractivity contribution in [1.82, 2.24) is 0 Å². The van der Waals surface area contributed by atoms with Gasteiger partial charge in [-0.1, -0.05) is 13.8 Å². The van der Waals surface area contributed by atoms with Crippen LogP contribution in [0.15, 0.2) is 48.2 Å². The van der Waals surface area contributed by atoms with Gasteiger partial charge in [-0.2, -0.15) is 4.58 Å². The van der Waals surface area contributed by atoms with Crippen molar-refractivity contribution < 1.29 is 4.58 Å². The first-order chi connectivity index (χ1) is 12.5. The standard InChI is InChI=1S/C23H25I2N2/c1-22(2)16-11-14(24)7-9-18(16)26(5)20(22)13-21-23(3,4)17-12-15(25)8-10-19(17)27(21)6/h7-13H,1-6H3/q+1. The van der Waals surface area contributed by atoms with Crippen LogP contribution in [0.3, 0.4) is 0 Å². The molecule has 0 saturated carbocycles. The average molecular weight is 583 g/mol. The van der Waals surface area contributed by atoms with E-state index in [1.54, 1.807) is 0 Å². The van der Waals surface area contributed by atoms with Crippen molar-refractivity contribution in [3.8, 4) is 0 Å². The molecule has 140 valence electrons. The van der Waals surface area contributed by atoms with E-state index < -0.39 is 0 Å². The third kappa shape index (κ3) is 2.81. The average Bonchev–Trinajstić information content (AvgIpc) is 2.89. The maximum atomic E-state index is 2.43. The number of hydrogen-bond donors (Lipinski definition) is 0. The molecule has 0 radical (unpaired) electrons. The number of halogens is 2. The Morgan fingerprint density at radius 3 is 2.15 bits per heavy atom. The van der Waals surface area contributed by atoms with Gasteiger partial charge in [0.15, 0.2) is 5.71 Å². The van der Waals surface area contributed by atoms with E-state index in [-0.39, 0.29) is 10.8 Å². The third-order valence-electron chi connectivity index (χ3n) is 6.26. The molecule has 0 N–H and O–H groups in total. The van der Waals surface area contributed by atoms with Gasteiger partial charge in [0, 0.05) is 48.7 Å². The Hall–Kier alpha value is -0.890. The lowest BCUT2D eigenvalue weighted by molar-refractivity contribution is -0.401. The van der Waals surface area contributed by atoms with Gasteiger partial charge in [-0.25, -0.2) is 0 Å². The second-order valence-corrected chi connectivity index (χ2v) is 11.1. The van der Waals surface area contributed by atoms with E-state index in [1.165, 1.54) is 41.1 Å². The summed E-state index contributed by atoms with van der Waals surface area (Å²) in [5, 5.41) is 0. The molecule has 2 aromatic carbocycles.